The lowest BCUT2D eigenvalue weighted by molar-refractivity contribution is -0.131. The minimum absolute atomic E-state index is 0.0235. The third-order valence-electron chi connectivity index (χ3n) is 8.72. The number of carbonyl (C=O) groups is 1. The number of benzene rings is 1. The third kappa shape index (κ3) is 8.52. The van der Waals surface area contributed by atoms with Crippen molar-refractivity contribution in [2.24, 2.45) is 11.8 Å². The Labute approximate surface area is 238 Å². The highest BCUT2D eigenvalue weighted by Crippen LogP contribution is 2.53. The number of carbonyl (C=O) groups excluding carboxylic acids is 1. The van der Waals surface area contributed by atoms with Crippen molar-refractivity contribution in [2.75, 3.05) is 34.4 Å². The molecule has 224 valence electrons. The minimum atomic E-state index is -1.96. The van der Waals surface area contributed by atoms with Gasteiger partial charge in [-0.05, 0) is 74.9 Å². The molecule has 1 aromatic rings. The quantitative estimate of drug-likeness (QED) is 0.118. The van der Waals surface area contributed by atoms with Gasteiger partial charge in [0.2, 0.25) is 0 Å². The zero-order valence-corrected chi connectivity index (χ0v) is 26.8. The summed E-state index contributed by atoms with van der Waals surface area (Å²) >= 11 is 0. The number of ether oxygens (including phenoxy) is 4. The van der Waals surface area contributed by atoms with Crippen molar-refractivity contribution in [2.45, 2.75) is 110 Å². The van der Waals surface area contributed by atoms with Crippen LogP contribution in [0.15, 0.2) is 12.1 Å². The smallest absolute Gasteiger partial charge is 0.192 e. The number of unbranched alkanes of at least 4 members (excludes halogenated alkanes) is 2. The van der Waals surface area contributed by atoms with Crippen LogP contribution in [0, 0.1) is 11.8 Å². The molecule has 0 amide bonds. The molecular formula is C31H54O7Si. The summed E-state index contributed by atoms with van der Waals surface area (Å²) in [6, 6.07) is 7.25. The fraction of sp³-hybridized carbons (Fsp3) is 0.774. The molecule has 0 bridgehead atoms. The van der Waals surface area contributed by atoms with Crippen LogP contribution in [0.1, 0.15) is 90.7 Å². The van der Waals surface area contributed by atoms with Gasteiger partial charge in [-0.25, -0.2) is 0 Å². The van der Waals surface area contributed by atoms with Crippen molar-refractivity contribution in [3.63, 3.8) is 0 Å². The molecule has 0 heterocycles. The Hall–Kier alpha value is -1.45. The van der Waals surface area contributed by atoms with E-state index in [4.69, 9.17) is 23.4 Å². The van der Waals surface area contributed by atoms with Gasteiger partial charge in [0.1, 0.15) is 17.3 Å². The van der Waals surface area contributed by atoms with Gasteiger partial charge in [-0.2, -0.15) is 0 Å². The summed E-state index contributed by atoms with van der Waals surface area (Å²) in [5.41, 5.74) is 1.39. The van der Waals surface area contributed by atoms with Crippen LogP contribution in [0.4, 0.5) is 0 Å². The highest BCUT2D eigenvalue weighted by Gasteiger charge is 2.50. The fourth-order valence-electron chi connectivity index (χ4n) is 6.33. The maximum absolute atomic E-state index is 13.3. The zero-order chi connectivity index (χ0) is 29.1. The second-order valence-electron chi connectivity index (χ2n) is 11.4. The summed E-state index contributed by atoms with van der Waals surface area (Å²) in [7, 11) is 1.23. The molecule has 7 nitrogen and oxygen atoms in total. The van der Waals surface area contributed by atoms with E-state index >= 15 is 0 Å². The van der Waals surface area contributed by atoms with Crippen LogP contribution in [0.3, 0.4) is 0 Å². The van der Waals surface area contributed by atoms with Crippen molar-refractivity contribution in [3.05, 3.63) is 23.3 Å². The predicted octanol–water partition coefficient (Wildman–Crippen LogP) is 6.86. The van der Waals surface area contributed by atoms with Gasteiger partial charge >= 0.3 is 0 Å². The maximum atomic E-state index is 13.3. The van der Waals surface area contributed by atoms with Gasteiger partial charge in [0.25, 0.3) is 0 Å². The average molecular weight is 567 g/mol. The van der Waals surface area contributed by atoms with Crippen LogP contribution in [0.2, 0.25) is 18.1 Å². The van der Waals surface area contributed by atoms with E-state index < -0.39 is 19.8 Å². The first-order chi connectivity index (χ1) is 18.7. The molecule has 3 atom stereocenters. The third-order valence-corrected chi connectivity index (χ3v) is 13.5. The van der Waals surface area contributed by atoms with Gasteiger partial charge in [-0.1, -0.05) is 40.5 Å². The van der Waals surface area contributed by atoms with E-state index in [1.165, 1.54) is 0 Å². The van der Waals surface area contributed by atoms with Crippen molar-refractivity contribution in [1.82, 2.24) is 0 Å². The Morgan fingerprint density at radius 2 is 1.51 bits per heavy atom. The van der Waals surface area contributed by atoms with Crippen molar-refractivity contribution >= 4 is 14.1 Å². The van der Waals surface area contributed by atoms with Crippen molar-refractivity contribution in [3.8, 4) is 11.5 Å². The first-order valence-electron chi connectivity index (χ1n) is 14.9. The molecule has 0 spiro atoms. The molecule has 8 heteroatoms. The van der Waals surface area contributed by atoms with Gasteiger partial charge in [0, 0.05) is 38.0 Å². The molecule has 0 aliphatic heterocycles. The van der Waals surface area contributed by atoms with E-state index in [1.54, 1.807) is 14.2 Å². The number of ketones is 1. The number of methoxy groups -OCH3 is 2. The Kier molecular flexibility index (Phi) is 13.9. The summed E-state index contributed by atoms with van der Waals surface area (Å²) in [5.74, 6) is 0.411. The molecule has 1 unspecified atom stereocenters. The number of aliphatic hydroxyl groups excluding tert-OH is 1. The Morgan fingerprint density at radius 3 is 1.97 bits per heavy atom. The van der Waals surface area contributed by atoms with E-state index in [0.29, 0.717) is 24.3 Å². The predicted molar refractivity (Wildman–Crippen MR) is 158 cm³/mol. The lowest BCUT2D eigenvalue weighted by atomic mass is 9.63. The highest BCUT2D eigenvalue weighted by atomic mass is 28.4. The molecule has 1 aromatic carbocycles. The molecule has 1 saturated carbocycles. The summed E-state index contributed by atoms with van der Waals surface area (Å²) in [5, 5.41) is 10.6. The van der Waals surface area contributed by atoms with Gasteiger partial charge in [-0.15, -0.1) is 0 Å². The van der Waals surface area contributed by atoms with Crippen LogP contribution >= 0.6 is 0 Å². The summed E-state index contributed by atoms with van der Waals surface area (Å²) < 4.78 is 30.1. The molecule has 39 heavy (non-hydrogen) atoms. The lowest BCUT2D eigenvalue weighted by Gasteiger charge is -2.49. The SMILES string of the molecule is CCCCCc1cc(OCOC)c([C@@H]2C(CO)C(=O)CC[C@H]2C(C)(C)O[Si](CC)(CC)CC)c(OCOC)c1. The van der Waals surface area contributed by atoms with Crippen molar-refractivity contribution in [1.29, 1.82) is 0 Å². The number of hydrogen-bond acceptors (Lipinski definition) is 7. The maximum Gasteiger partial charge on any atom is 0.192 e. The van der Waals surface area contributed by atoms with Gasteiger partial charge < -0.3 is 28.5 Å². The summed E-state index contributed by atoms with van der Waals surface area (Å²) in [6.45, 7) is 13.1. The van der Waals surface area contributed by atoms with Crippen LogP contribution in [-0.4, -0.2) is 59.2 Å². The number of rotatable bonds is 18. The summed E-state index contributed by atoms with van der Waals surface area (Å²) in [6.07, 6.45) is 5.33. The largest absolute Gasteiger partial charge is 0.467 e. The van der Waals surface area contributed by atoms with E-state index in [9.17, 15) is 9.90 Å². The van der Waals surface area contributed by atoms with Crippen molar-refractivity contribution < 1.29 is 33.3 Å². The first kappa shape index (κ1) is 33.8. The molecule has 0 radical (unpaired) electrons. The molecule has 1 aliphatic carbocycles. The molecule has 0 aromatic heterocycles. The number of Topliss-reactive ketones (excluding diaryl/α,β-unsaturated/α-hetero) is 1. The molecule has 0 saturated heterocycles. The first-order valence-corrected chi connectivity index (χ1v) is 17.4. The summed E-state index contributed by atoms with van der Waals surface area (Å²) in [4.78, 5) is 13.3. The van der Waals surface area contributed by atoms with Crippen LogP contribution in [0.5, 0.6) is 11.5 Å². The van der Waals surface area contributed by atoms with E-state index in [-0.39, 0.29) is 37.8 Å². The van der Waals surface area contributed by atoms with E-state index in [0.717, 1.165) is 54.9 Å². The number of aryl methyl sites for hydroxylation is 1. The topological polar surface area (TPSA) is 83.5 Å². The molecule has 1 N–H and O–H groups in total. The standard InChI is InChI=1S/C31H54O7Si/c1-9-13-14-15-23-18-27(36-21-34-7)30(28(19-23)37-22-35-8)29-24(20-32)26(33)17-16-25(29)31(5,6)38-39(10-2,11-3)12-4/h18-19,24-25,29,32H,9-17,20-22H2,1-8H3/t24?,25-,29-/m1/s1. The van der Waals surface area contributed by atoms with Gasteiger partial charge in [0.15, 0.2) is 21.9 Å². The minimum Gasteiger partial charge on any atom is -0.467 e. The monoisotopic (exact) mass is 566 g/mol. The van der Waals surface area contributed by atoms with Crippen LogP contribution in [0.25, 0.3) is 0 Å². The number of aliphatic hydroxyl groups is 1. The van der Waals surface area contributed by atoms with Crippen LogP contribution in [-0.2, 0) is 25.1 Å². The zero-order valence-electron chi connectivity index (χ0n) is 25.8. The molecule has 1 fully saturated rings. The highest BCUT2D eigenvalue weighted by molar-refractivity contribution is 6.73. The van der Waals surface area contributed by atoms with Crippen LogP contribution < -0.4 is 9.47 Å². The second kappa shape index (κ2) is 16.1. The molecule has 1 aliphatic rings. The number of hydrogen-bond donors (Lipinski definition) is 1. The Bertz CT molecular complexity index is 846. The van der Waals surface area contributed by atoms with Gasteiger partial charge in [-0.3, -0.25) is 4.79 Å². The molecule has 2 rings (SSSR count). The normalized spacial score (nSPS) is 20.3. The molecular weight excluding hydrogens is 512 g/mol. The lowest BCUT2D eigenvalue weighted by Crippen LogP contribution is -2.52. The Morgan fingerprint density at radius 1 is 0.949 bits per heavy atom. The fourth-order valence-corrected chi connectivity index (χ4v) is 9.53. The average Bonchev–Trinajstić information content (AvgIpc) is 2.93. The van der Waals surface area contributed by atoms with Gasteiger partial charge in [0.05, 0.1) is 12.2 Å². The van der Waals surface area contributed by atoms with E-state index in [1.807, 2.05) is 0 Å². The van der Waals surface area contributed by atoms with E-state index in [2.05, 4.69) is 53.7 Å². The second-order valence-corrected chi connectivity index (χ2v) is 16.1. The Balaban J connectivity index is 2.74.